The molecule has 0 heterocycles. The van der Waals surface area contributed by atoms with Gasteiger partial charge in [0, 0.05) is 0 Å². The van der Waals surface area contributed by atoms with Crippen LogP contribution >= 0.6 is 0 Å². The predicted octanol–water partition coefficient (Wildman–Crippen LogP) is 6.01. The van der Waals surface area contributed by atoms with E-state index in [0.29, 0.717) is 17.7 Å². The van der Waals surface area contributed by atoms with Gasteiger partial charge < -0.3 is 9.84 Å². The van der Waals surface area contributed by atoms with Gasteiger partial charge in [-0.05, 0) is 45.2 Å². The molecular formula is C24H38O4. The van der Waals surface area contributed by atoms with E-state index in [1.165, 1.54) is 38.5 Å². The van der Waals surface area contributed by atoms with Crippen LogP contribution in [0.4, 0.5) is 0 Å². The van der Waals surface area contributed by atoms with E-state index < -0.39 is 16.8 Å². The number of carbonyl (C=O) groups is 2. The van der Waals surface area contributed by atoms with Crippen molar-refractivity contribution in [2.75, 3.05) is 6.61 Å². The number of benzene rings is 1. The molecule has 0 aromatic heterocycles. The van der Waals surface area contributed by atoms with Gasteiger partial charge in [-0.25, -0.2) is 0 Å². The zero-order valence-corrected chi connectivity index (χ0v) is 18.3. The van der Waals surface area contributed by atoms with Crippen molar-refractivity contribution >= 4 is 11.9 Å². The zero-order valence-electron chi connectivity index (χ0n) is 18.3. The Morgan fingerprint density at radius 2 is 1.29 bits per heavy atom. The molecule has 0 atom stereocenters. The molecule has 1 N–H and O–H groups in total. The highest BCUT2D eigenvalue weighted by molar-refractivity contribution is 5.86. The summed E-state index contributed by atoms with van der Waals surface area (Å²) in [7, 11) is 0. The van der Waals surface area contributed by atoms with E-state index in [0.717, 1.165) is 12.8 Å². The summed E-state index contributed by atoms with van der Waals surface area (Å²) in [6, 6.07) is 7.27. The van der Waals surface area contributed by atoms with Crippen LogP contribution in [-0.4, -0.2) is 23.7 Å². The molecule has 0 amide bonds. The Kier molecular flexibility index (Phi) is 9.71. The Hall–Kier alpha value is -1.84. The molecule has 0 saturated heterocycles. The lowest BCUT2D eigenvalue weighted by Gasteiger charge is -2.30. The number of unbranched alkanes of at least 4 members (excludes halogenated alkanes) is 7. The third kappa shape index (κ3) is 6.65. The van der Waals surface area contributed by atoms with Crippen LogP contribution in [0.2, 0.25) is 0 Å². The maximum atomic E-state index is 12.8. The molecule has 0 bridgehead atoms. The van der Waals surface area contributed by atoms with Gasteiger partial charge in [0.1, 0.15) is 0 Å². The van der Waals surface area contributed by atoms with E-state index in [9.17, 15) is 14.7 Å². The van der Waals surface area contributed by atoms with Crippen molar-refractivity contribution in [1.29, 1.82) is 0 Å². The highest BCUT2D eigenvalue weighted by Gasteiger charge is 2.39. The van der Waals surface area contributed by atoms with Crippen molar-refractivity contribution in [1.82, 2.24) is 0 Å². The van der Waals surface area contributed by atoms with Gasteiger partial charge in [-0.15, -0.1) is 0 Å². The standard InChI is InChI=1S/C24H38O4/c1-6-7-8-9-10-11-12-15-18-28-22(27)24(4,5)20-17-14-13-16-19(20)23(2,3)21(25)26/h13-14,16-17H,6-12,15,18H2,1-5H3,(H,25,26). The van der Waals surface area contributed by atoms with Crippen molar-refractivity contribution in [2.24, 2.45) is 0 Å². The summed E-state index contributed by atoms with van der Waals surface area (Å²) < 4.78 is 5.55. The molecule has 0 fully saturated rings. The molecule has 0 radical (unpaired) electrons. The van der Waals surface area contributed by atoms with Crippen molar-refractivity contribution in [3.8, 4) is 0 Å². The lowest BCUT2D eigenvalue weighted by Crippen LogP contribution is -2.37. The molecule has 158 valence electrons. The highest BCUT2D eigenvalue weighted by Crippen LogP contribution is 2.35. The van der Waals surface area contributed by atoms with Crippen LogP contribution < -0.4 is 0 Å². The summed E-state index contributed by atoms with van der Waals surface area (Å²) in [6.45, 7) is 9.57. The molecule has 0 spiro atoms. The first kappa shape index (κ1) is 24.2. The smallest absolute Gasteiger partial charge is 0.315 e. The first-order chi connectivity index (χ1) is 13.2. The van der Waals surface area contributed by atoms with E-state index >= 15 is 0 Å². The van der Waals surface area contributed by atoms with E-state index in [1.54, 1.807) is 33.8 Å². The topological polar surface area (TPSA) is 63.6 Å². The molecule has 0 saturated carbocycles. The van der Waals surface area contributed by atoms with Crippen molar-refractivity contribution in [2.45, 2.75) is 96.8 Å². The fourth-order valence-corrected chi connectivity index (χ4v) is 3.38. The Bertz CT molecular complexity index is 631. The van der Waals surface area contributed by atoms with Gasteiger partial charge in [0.2, 0.25) is 0 Å². The summed E-state index contributed by atoms with van der Waals surface area (Å²) >= 11 is 0. The van der Waals surface area contributed by atoms with Gasteiger partial charge in [-0.1, -0.05) is 76.1 Å². The minimum atomic E-state index is -1.08. The zero-order chi connectivity index (χ0) is 21.2. The summed E-state index contributed by atoms with van der Waals surface area (Å²) in [5, 5.41) is 9.60. The van der Waals surface area contributed by atoms with Crippen molar-refractivity contribution < 1.29 is 19.4 Å². The Morgan fingerprint density at radius 3 is 1.79 bits per heavy atom. The summed E-state index contributed by atoms with van der Waals surface area (Å²) in [5.74, 6) is -1.22. The number of rotatable bonds is 13. The van der Waals surface area contributed by atoms with Crippen molar-refractivity contribution in [3.05, 3.63) is 35.4 Å². The summed E-state index contributed by atoms with van der Waals surface area (Å²) in [4.78, 5) is 24.5. The number of hydrogen-bond donors (Lipinski definition) is 1. The van der Waals surface area contributed by atoms with Gasteiger partial charge >= 0.3 is 11.9 Å². The molecule has 4 heteroatoms. The molecule has 0 unspecified atom stereocenters. The van der Waals surface area contributed by atoms with Crippen LogP contribution in [0.15, 0.2) is 24.3 Å². The molecule has 0 aliphatic rings. The van der Waals surface area contributed by atoms with Crippen LogP contribution in [0, 0.1) is 0 Å². The third-order valence-electron chi connectivity index (χ3n) is 5.55. The molecule has 28 heavy (non-hydrogen) atoms. The van der Waals surface area contributed by atoms with Crippen LogP contribution in [0.3, 0.4) is 0 Å². The number of carboxylic acid groups (broad SMARTS) is 1. The van der Waals surface area contributed by atoms with Crippen LogP contribution in [0.1, 0.15) is 97.1 Å². The number of hydrogen-bond acceptors (Lipinski definition) is 3. The Morgan fingerprint density at radius 1 is 0.821 bits per heavy atom. The largest absolute Gasteiger partial charge is 0.481 e. The number of carbonyl (C=O) groups excluding carboxylic acids is 1. The predicted molar refractivity (Wildman–Crippen MR) is 114 cm³/mol. The maximum Gasteiger partial charge on any atom is 0.315 e. The first-order valence-electron chi connectivity index (χ1n) is 10.7. The average molecular weight is 391 g/mol. The van der Waals surface area contributed by atoms with Crippen LogP contribution in [0.5, 0.6) is 0 Å². The SMILES string of the molecule is CCCCCCCCCCOC(=O)C(C)(C)c1ccccc1C(C)(C)C(=O)O. The van der Waals surface area contributed by atoms with Crippen LogP contribution in [-0.2, 0) is 25.2 Å². The van der Waals surface area contributed by atoms with Gasteiger partial charge in [0.05, 0.1) is 17.4 Å². The van der Waals surface area contributed by atoms with E-state index in [2.05, 4.69) is 6.92 Å². The number of carboxylic acids is 1. The summed E-state index contributed by atoms with van der Waals surface area (Å²) in [6.07, 6.45) is 9.55. The van der Waals surface area contributed by atoms with E-state index in [4.69, 9.17) is 4.74 Å². The Labute approximate surface area is 170 Å². The van der Waals surface area contributed by atoms with E-state index in [1.807, 2.05) is 18.2 Å². The van der Waals surface area contributed by atoms with Gasteiger partial charge in [-0.3, -0.25) is 9.59 Å². The minimum absolute atomic E-state index is 0.302. The van der Waals surface area contributed by atoms with Crippen molar-refractivity contribution in [3.63, 3.8) is 0 Å². The second-order valence-corrected chi connectivity index (χ2v) is 8.71. The number of ether oxygens (including phenoxy) is 1. The fourth-order valence-electron chi connectivity index (χ4n) is 3.38. The molecule has 1 rings (SSSR count). The summed E-state index contributed by atoms with van der Waals surface area (Å²) in [5.41, 5.74) is -0.616. The lowest BCUT2D eigenvalue weighted by molar-refractivity contribution is -0.150. The Balaban J connectivity index is 2.61. The second kappa shape index (κ2) is 11.2. The van der Waals surface area contributed by atoms with E-state index in [-0.39, 0.29) is 5.97 Å². The highest BCUT2D eigenvalue weighted by atomic mass is 16.5. The fraction of sp³-hybridized carbons (Fsp3) is 0.667. The molecule has 0 aliphatic carbocycles. The lowest BCUT2D eigenvalue weighted by atomic mass is 9.73. The monoisotopic (exact) mass is 390 g/mol. The number of esters is 1. The van der Waals surface area contributed by atoms with Gasteiger partial charge in [0.25, 0.3) is 0 Å². The second-order valence-electron chi connectivity index (χ2n) is 8.71. The average Bonchev–Trinajstić information content (AvgIpc) is 2.66. The first-order valence-corrected chi connectivity index (χ1v) is 10.7. The molecular weight excluding hydrogens is 352 g/mol. The molecule has 0 aliphatic heterocycles. The molecule has 4 nitrogen and oxygen atoms in total. The third-order valence-corrected chi connectivity index (χ3v) is 5.55. The number of aliphatic carboxylic acids is 1. The molecule has 1 aromatic rings. The van der Waals surface area contributed by atoms with Gasteiger partial charge in [0.15, 0.2) is 0 Å². The quantitative estimate of drug-likeness (QED) is 0.331. The molecule has 1 aromatic carbocycles. The minimum Gasteiger partial charge on any atom is -0.481 e. The van der Waals surface area contributed by atoms with Gasteiger partial charge in [-0.2, -0.15) is 0 Å². The van der Waals surface area contributed by atoms with Crippen LogP contribution in [0.25, 0.3) is 0 Å². The maximum absolute atomic E-state index is 12.8. The normalized spacial score (nSPS) is 12.0.